The average molecular weight is 446 g/mol. The van der Waals surface area contributed by atoms with Crippen LogP contribution >= 0.6 is 5.69 Å². The average Bonchev–Trinajstić information content (AvgIpc) is 2.27. The van der Waals surface area contributed by atoms with Crippen molar-refractivity contribution in [3.8, 4) is 0 Å². The molecule has 0 amide bonds. The molecular weight excluding hydrogens is 431 g/mol. The summed E-state index contributed by atoms with van der Waals surface area (Å²) in [5, 5.41) is 3.63. The van der Waals surface area contributed by atoms with Crippen LogP contribution < -0.4 is 9.79 Å². The first-order valence-electron chi connectivity index (χ1n) is 4.68. The molecule has 0 aromatic heterocycles. The topological polar surface area (TPSA) is 46.1 Å². The van der Waals surface area contributed by atoms with Crippen LogP contribution in [0.1, 0.15) is 0 Å². The third-order valence-electron chi connectivity index (χ3n) is 0.612. The van der Waals surface area contributed by atoms with E-state index in [1.165, 1.54) is 70.0 Å². The molecule has 0 aromatic carbocycles. The van der Waals surface area contributed by atoms with Crippen molar-refractivity contribution < 1.29 is 64.7 Å². The molecule has 8 heteroatoms. The van der Waals surface area contributed by atoms with Gasteiger partial charge in [0.05, 0.1) is 0 Å². The van der Waals surface area contributed by atoms with Crippen LogP contribution in [-0.2, 0) is 79.0 Å². The molecular formula is C9H15O2PS2Zn3. The third-order valence-corrected chi connectivity index (χ3v) is 3.18. The molecule has 0 atom stereocenters. The number of rotatable bonds is 3. The Balaban J connectivity index is -0.0000000667. The summed E-state index contributed by atoms with van der Waals surface area (Å²) >= 11 is 11.3. The van der Waals surface area contributed by atoms with E-state index in [0.29, 0.717) is 0 Å². The van der Waals surface area contributed by atoms with Gasteiger partial charge < -0.3 is 27.7 Å². The van der Waals surface area contributed by atoms with Gasteiger partial charge in [-0.2, -0.15) is 11.8 Å². The number of hydrogen-bond acceptors (Lipinski definition) is 4. The van der Waals surface area contributed by atoms with E-state index < -0.39 is 5.69 Å². The molecule has 0 saturated carbocycles. The summed E-state index contributed by atoms with van der Waals surface area (Å²) in [6, 6.07) is 0. The minimum Gasteiger partial charge on any atom is -0.850 e. The number of hydrogen-bond donors (Lipinski definition) is 0. The maximum absolute atomic E-state index is 9.29. The first-order chi connectivity index (χ1) is 7.74. The molecule has 0 N–H and O–H groups in total. The third kappa shape index (κ3) is 184. The van der Waals surface area contributed by atoms with Crippen LogP contribution in [0.3, 0.4) is 0 Å². The van der Waals surface area contributed by atoms with Gasteiger partial charge in [-0.1, -0.05) is 0 Å². The molecule has 0 radical (unpaired) electrons. The van der Waals surface area contributed by atoms with Gasteiger partial charge in [-0.25, -0.2) is 0 Å². The molecule has 0 heterocycles. The monoisotopic (exact) mass is 442 g/mol. The van der Waals surface area contributed by atoms with Gasteiger partial charge in [0.2, 0.25) is 0 Å². The predicted octanol–water partition coefficient (Wildman–Crippen LogP) is 1.89. The van der Waals surface area contributed by atoms with E-state index >= 15 is 0 Å². The molecule has 0 fully saturated rings. The molecule has 0 spiro atoms. The smallest absolute Gasteiger partial charge is 0.160 e. The molecule has 0 bridgehead atoms. The predicted molar refractivity (Wildman–Crippen MR) is 66.7 cm³/mol. The largest absolute Gasteiger partial charge is 0.850 e. The van der Waals surface area contributed by atoms with Crippen LogP contribution in [0.5, 0.6) is 0 Å². The summed E-state index contributed by atoms with van der Waals surface area (Å²) in [6.07, 6.45) is 5.79. The Morgan fingerprint density at radius 3 is 1.00 bits per heavy atom. The van der Waals surface area contributed by atoms with E-state index in [1.54, 1.807) is 0 Å². The van der Waals surface area contributed by atoms with Crippen molar-refractivity contribution >= 4 is 29.7 Å². The van der Waals surface area contributed by atoms with Gasteiger partial charge in [0.1, 0.15) is 0 Å². The van der Waals surface area contributed by atoms with Crippen LogP contribution in [0.15, 0.2) is 38.0 Å². The molecule has 0 aliphatic carbocycles. The summed E-state index contributed by atoms with van der Waals surface area (Å²) in [5.74, 6) is 0. The van der Waals surface area contributed by atoms with Gasteiger partial charge in [-0.3, -0.25) is 0 Å². The zero-order valence-electron chi connectivity index (χ0n) is 10.2. The quantitative estimate of drug-likeness (QED) is 0.288. The zero-order valence-corrected chi connectivity index (χ0v) is 21.6. The Kier molecular flexibility index (Phi) is 42.7. The normalized spacial score (nSPS) is 8.06. The molecule has 0 aliphatic heterocycles. The summed E-state index contributed by atoms with van der Waals surface area (Å²) < 4.78 is 0. The Morgan fingerprint density at radius 1 is 0.941 bits per heavy atom. The Hall–Kier alpha value is 2.01. The Morgan fingerprint density at radius 2 is 1.00 bits per heavy atom. The van der Waals surface area contributed by atoms with Crippen molar-refractivity contribution in [3.05, 3.63) is 38.0 Å². The zero-order chi connectivity index (χ0) is 14.7. The summed E-state index contributed by atoms with van der Waals surface area (Å²) in [7, 11) is 0. The molecule has 2 nitrogen and oxygen atoms in total. The van der Waals surface area contributed by atoms with E-state index in [2.05, 4.69) is 43.8 Å². The molecule has 86 valence electrons. The van der Waals surface area contributed by atoms with E-state index in [9.17, 15) is 9.79 Å². The van der Waals surface area contributed by atoms with E-state index in [4.69, 9.17) is 0 Å². The fourth-order valence-electron chi connectivity index (χ4n) is 0. The van der Waals surface area contributed by atoms with Crippen LogP contribution in [0.4, 0.5) is 0 Å². The van der Waals surface area contributed by atoms with Crippen molar-refractivity contribution in [1.29, 1.82) is 0 Å². The fraction of sp³-hybridized carbons (Fsp3) is 0.333. The van der Waals surface area contributed by atoms with Crippen molar-refractivity contribution in [2.24, 2.45) is 0 Å². The van der Waals surface area contributed by atoms with Crippen molar-refractivity contribution in [1.82, 2.24) is 0 Å². The van der Waals surface area contributed by atoms with Crippen molar-refractivity contribution in [2.45, 2.75) is 15.0 Å². The first kappa shape index (κ1) is 27.4. The van der Waals surface area contributed by atoms with Crippen LogP contribution in [0.2, 0.25) is 15.0 Å². The second kappa shape index (κ2) is 26.5. The second-order valence-electron chi connectivity index (χ2n) is 2.18. The van der Waals surface area contributed by atoms with Crippen molar-refractivity contribution in [2.75, 3.05) is 0 Å². The van der Waals surface area contributed by atoms with Crippen LogP contribution in [0, 0.1) is 0 Å². The Labute approximate surface area is 146 Å². The van der Waals surface area contributed by atoms with Gasteiger partial charge in [0.25, 0.3) is 0 Å². The van der Waals surface area contributed by atoms with E-state index in [1.807, 2.05) is 18.2 Å². The van der Waals surface area contributed by atoms with E-state index in [0.717, 1.165) is 0 Å². The van der Waals surface area contributed by atoms with Crippen molar-refractivity contribution in [3.63, 3.8) is 0 Å². The fourth-order valence-corrected chi connectivity index (χ4v) is 0. The summed E-state index contributed by atoms with van der Waals surface area (Å²) in [4.78, 5) is 18.6. The van der Waals surface area contributed by atoms with Gasteiger partial charge in [-0.15, -0.1) is 0 Å². The maximum atomic E-state index is 9.29. The minimum atomic E-state index is -3.72. The van der Waals surface area contributed by atoms with Gasteiger partial charge >= 0.3 is 108 Å². The van der Waals surface area contributed by atoms with E-state index in [-0.39, 0.29) is 0 Å². The standard InChI is InChI=1S/3C3H5.H3O2PS2.3Zn/c3*1-3-2;1-3(2,4)5;;;/h3*3H,1-2H2;(H3,1,2,4,5);;;/q;;;;3*+1/p-3. The maximum Gasteiger partial charge on any atom is -0.160 e. The SMILES string of the molecule is C=C[CH2][Zn+].C=C[CH2][Zn+].C=C[CH2][Zn+].[O-]P([O-])(=S)[S-]. The van der Waals surface area contributed by atoms with Crippen LogP contribution in [-0.4, -0.2) is 0 Å². The first-order valence-corrected chi connectivity index (χ1v) is 14.6. The van der Waals surface area contributed by atoms with Crippen LogP contribution in [0.25, 0.3) is 0 Å². The molecule has 0 unspecified atom stereocenters. The molecule has 0 saturated heterocycles. The summed E-state index contributed by atoms with van der Waals surface area (Å²) in [6.45, 7) is 10.5. The molecule has 0 rings (SSSR count). The van der Waals surface area contributed by atoms with Gasteiger partial charge in [0, 0.05) is 0 Å². The number of allylic oxidation sites excluding steroid dienone is 3. The molecule has 0 aromatic rings. The minimum absolute atomic E-state index is 1.21. The van der Waals surface area contributed by atoms with Gasteiger partial charge in [-0.05, 0) is 0 Å². The molecule has 0 aliphatic rings. The summed E-state index contributed by atoms with van der Waals surface area (Å²) in [5.41, 5.74) is -3.72. The van der Waals surface area contributed by atoms with Gasteiger partial charge in [0.15, 0.2) is 0 Å². The second-order valence-corrected chi connectivity index (χ2v) is 10.3. The Bertz CT molecular complexity index is 183. The molecule has 17 heavy (non-hydrogen) atoms.